The largest absolute Gasteiger partial charge is 0.459 e. The molecule has 0 radical (unpaired) electrons. The Morgan fingerprint density at radius 2 is 1.89 bits per heavy atom. The van der Waals surface area contributed by atoms with Crippen LogP contribution in [0.2, 0.25) is 10.0 Å². The highest BCUT2D eigenvalue weighted by Gasteiger charge is 2.19. The second-order valence-corrected chi connectivity index (χ2v) is 7.79. The summed E-state index contributed by atoms with van der Waals surface area (Å²) in [5, 5.41) is 7.13. The normalized spacial score (nSPS) is 11.9. The lowest BCUT2D eigenvalue weighted by Crippen LogP contribution is -2.26. The topological polar surface area (TPSA) is 71.3 Å². The number of amides is 2. The molecule has 0 bridgehead atoms. The van der Waals surface area contributed by atoms with Gasteiger partial charge in [0, 0.05) is 0 Å². The number of rotatable bonds is 5. The summed E-state index contributed by atoms with van der Waals surface area (Å²) in [6.45, 7) is 3.68. The molecule has 2 aromatic heterocycles. The number of aryl methyl sites for hydroxylation is 1. The molecule has 0 saturated carbocycles. The lowest BCUT2D eigenvalue weighted by atomic mass is 10.1. The molecule has 1 atom stereocenters. The number of carbonyl (C=O) groups excluding carboxylic acids is 2. The number of carbonyl (C=O) groups is 2. The predicted molar refractivity (Wildman–Crippen MR) is 108 cm³/mol. The van der Waals surface area contributed by atoms with Crippen molar-refractivity contribution in [2.24, 2.45) is 0 Å². The van der Waals surface area contributed by atoms with Gasteiger partial charge in [-0.05, 0) is 55.3 Å². The molecule has 0 fully saturated rings. The van der Waals surface area contributed by atoms with Crippen LogP contribution in [0.25, 0.3) is 0 Å². The zero-order valence-corrected chi connectivity index (χ0v) is 16.8. The Bertz CT molecular complexity index is 983. The van der Waals surface area contributed by atoms with Crippen molar-refractivity contribution < 1.29 is 14.0 Å². The van der Waals surface area contributed by atoms with Gasteiger partial charge in [-0.3, -0.25) is 9.59 Å². The molecule has 0 saturated heterocycles. The van der Waals surface area contributed by atoms with Crippen LogP contribution in [0.1, 0.15) is 44.3 Å². The third-order valence-electron chi connectivity index (χ3n) is 3.90. The molecule has 1 unspecified atom stereocenters. The van der Waals surface area contributed by atoms with E-state index < -0.39 is 0 Å². The van der Waals surface area contributed by atoms with Crippen molar-refractivity contribution in [2.75, 3.05) is 5.32 Å². The van der Waals surface area contributed by atoms with E-state index in [0.29, 0.717) is 19.9 Å². The van der Waals surface area contributed by atoms with Gasteiger partial charge in [0.25, 0.3) is 11.8 Å². The van der Waals surface area contributed by atoms with Crippen molar-refractivity contribution in [1.82, 2.24) is 5.32 Å². The highest BCUT2D eigenvalue weighted by molar-refractivity contribution is 7.18. The second kappa shape index (κ2) is 8.17. The van der Waals surface area contributed by atoms with Crippen LogP contribution in [0.4, 0.5) is 5.00 Å². The quantitative estimate of drug-likeness (QED) is 0.553. The number of furan rings is 1. The summed E-state index contributed by atoms with van der Waals surface area (Å²) in [6.07, 6.45) is 1.43. The summed E-state index contributed by atoms with van der Waals surface area (Å²) >= 11 is 13.2. The minimum atomic E-state index is -0.364. The van der Waals surface area contributed by atoms with Gasteiger partial charge in [-0.1, -0.05) is 29.3 Å². The molecule has 0 aliphatic rings. The molecule has 1 aromatic carbocycles. The average Bonchev–Trinajstić information content (AvgIpc) is 3.27. The van der Waals surface area contributed by atoms with Crippen LogP contribution in [-0.4, -0.2) is 11.8 Å². The summed E-state index contributed by atoms with van der Waals surface area (Å²) in [4.78, 5) is 25.2. The molecule has 2 heterocycles. The maximum absolute atomic E-state index is 12.6. The number of halogens is 2. The van der Waals surface area contributed by atoms with Gasteiger partial charge in [0.2, 0.25) is 0 Å². The Balaban J connectivity index is 1.70. The highest BCUT2D eigenvalue weighted by Crippen LogP contribution is 2.29. The minimum Gasteiger partial charge on any atom is -0.459 e. The van der Waals surface area contributed by atoms with Gasteiger partial charge < -0.3 is 15.1 Å². The van der Waals surface area contributed by atoms with E-state index in [1.807, 2.05) is 19.9 Å². The first-order valence-electron chi connectivity index (χ1n) is 8.06. The summed E-state index contributed by atoms with van der Waals surface area (Å²) < 4.78 is 5.06. The van der Waals surface area contributed by atoms with Gasteiger partial charge in [-0.15, -0.1) is 11.3 Å². The standard InChI is InChI=1S/C19H16Cl2N2O3S/c1-10-8-16(23-18(24)15-4-3-7-26-15)27-17(10)19(25)22-11(2)12-5-6-13(20)14(21)9-12/h3-9,11H,1-2H3,(H,22,25)(H,23,24). The van der Waals surface area contributed by atoms with Gasteiger partial charge >= 0.3 is 0 Å². The molecule has 140 valence electrons. The van der Waals surface area contributed by atoms with Gasteiger partial charge in [0.1, 0.15) is 0 Å². The van der Waals surface area contributed by atoms with Crippen molar-refractivity contribution in [3.05, 3.63) is 74.5 Å². The van der Waals surface area contributed by atoms with Crippen LogP contribution in [0.15, 0.2) is 47.1 Å². The van der Waals surface area contributed by atoms with Crippen molar-refractivity contribution in [3.8, 4) is 0 Å². The van der Waals surface area contributed by atoms with Gasteiger partial charge in [0.15, 0.2) is 5.76 Å². The van der Waals surface area contributed by atoms with Gasteiger partial charge in [-0.2, -0.15) is 0 Å². The summed E-state index contributed by atoms with van der Waals surface area (Å²) in [7, 11) is 0. The maximum Gasteiger partial charge on any atom is 0.291 e. The fraction of sp³-hybridized carbons (Fsp3) is 0.158. The number of anilines is 1. The van der Waals surface area contributed by atoms with E-state index in [9.17, 15) is 9.59 Å². The molecule has 2 N–H and O–H groups in total. The molecule has 5 nitrogen and oxygen atoms in total. The molecule has 0 aliphatic heterocycles. The van der Waals surface area contributed by atoms with E-state index in [1.165, 1.54) is 17.6 Å². The third kappa shape index (κ3) is 4.53. The number of thiophene rings is 1. The highest BCUT2D eigenvalue weighted by atomic mass is 35.5. The number of nitrogens with one attached hydrogen (secondary N) is 2. The first-order chi connectivity index (χ1) is 12.8. The summed E-state index contributed by atoms with van der Waals surface area (Å²) in [6, 6.07) is 9.95. The molecule has 3 aromatic rings. The molecule has 8 heteroatoms. The molecule has 0 aliphatic carbocycles. The molecular formula is C19H16Cl2N2O3S. The number of hydrogen-bond acceptors (Lipinski definition) is 4. The van der Waals surface area contributed by atoms with Crippen molar-refractivity contribution in [1.29, 1.82) is 0 Å². The predicted octanol–water partition coefficient (Wildman–Crippen LogP) is 5.70. The van der Waals surface area contributed by atoms with E-state index in [4.69, 9.17) is 27.6 Å². The Morgan fingerprint density at radius 1 is 1.11 bits per heavy atom. The van der Waals surface area contributed by atoms with Crippen molar-refractivity contribution >= 4 is 51.4 Å². The maximum atomic E-state index is 12.6. The van der Waals surface area contributed by atoms with E-state index in [1.54, 1.807) is 30.3 Å². The first kappa shape index (κ1) is 19.5. The monoisotopic (exact) mass is 422 g/mol. The summed E-state index contributed by atoms with van der Waals surface area (Å²) in [5.41, 5.74) is 1.62. The third-order valence-corrected chi connectivity index (χ3v) is 5.79. The van der Waals surface area contributed by atoms with Crippen LogP contribution in [0, 0.1) is 6.92 Å². The second-order valence-electron chi connectivity index (χ2n) is 5.92. The Morgan fingerprint density at radius 3 is 2.56 bits per heavy atom. The van der Waals surface area contributed by atoms with Crippen LogP contribution in [0.5, 0.6) is 0 Å². The van der Waals surface area contributed by atoms with Gasteiger partial charge in [0.05, 0.1) is 32.2 Å². The Labute approximate surface area is 170 Å². The molecule has 3 rings (SSSR count). The molecule has 2 amide bonds. The van der Waals surface area contributed by atoms with E-state index in [2.05, 4.69) is 10.6 Å². The fourth-order valence-electron chi connectivity index (χ4n) is 2.48. The zero-order valence-electron chi connectivity index (χ0n) is 14.5. The van der Waals surface area contributed by atoms with Crippen molar-refractivity contribution in [3.63, 3.8) is 0 Å². The summed E-state index contributed by atoms with van der Waals surface area (Å²) in [5.74, 6) is -0.382. The minimum absolute atomic E-state index is 0.209. The number of benzene rings is 1. The van der Waals surface area contributed by atoms with E-state index in [-0.39, 0.29) is 23.6 Å². The van der Waals surface area contributed by atoms with Crippen LogP contribution >= 0.6 is 34.5 Å². The smallest absolute Gasteiger partial charge is 0.291 e. The molecule has 27 heavy (non-hydrogen) atoms. The average molecular weight is 423 g/mol. The lowest BCUT2D eigenvalue weighted by molar-refractivity contribution is 0.0942. The number of hydrogen-bond donors (Lipinski definition) is 2. The molecule has 0 spiro atoms. The Kier molecular flexibility index (Phi) is 5.89. The van der Waals surface area contributed by atoms with Crippen LogP contribution in [-0.2, 0) is 0 Å². The van der Waals surface area contributed by atoms with Crippen LogP contribution < -0.4 is 10.6 Å². The SMILES string of the molecule is Cc1cc(NC(=O)c2ccco2)sc1C(=O)NC(C)c1ccc(Cl)c(Cl)c1. The van der Waals surface area contributed by atoms with Crippen molar-refractivity contribution in [2.45, 2.75) is 19.9 Å². The molecular weight excluding hydrogens is 407 g/mol. The van der Waals surface area contributed by atoms with E-state index in [0.717, 1.165) is 11.1 Å². The van der Waals surface area contributed by atoms with Crippen LogP contribution in [0.3, 0.4) is 0 Å². The zero-order chi connectivity index (χ0) is 19.6. The van der Waals surface area contributed by atoms with E-state index >= 15 is 0 Å². The fourth-order valence-corrected chi connectivity index (χ4v) is 3.76. The van der Waals surface area contributed by atoms with Gasteiger partial charge in [-0.25, -0.2) is 0 Å². The lowest BCUT2D eigenvalue weighted by Gasteiger charge is -2.14. The first-order valence-corrected chi connectivity index (χ1v) is 9.63. The Hall–Kier alpha value is -2.28.